The molecular formula is C16H18FN5. The maximum atomic E-state index is 13.7. The van der Waals surface area contributed by atoms with Crippen LogP contribution in [0.3, 0.4) is 0 Å². The summed E-state index contributed by atoms with van der Waals surface area (Å²) in [7, 11) is 0. The molecule has 2 aromatic rings. The highest BCUT2D eigenvalue weighted by atomic mass is 19.1. The van der Waals surface area contributed by atoms with Crippen molar-refractivity contribution < 1.29 is 4.39 Å². The molecule has 2 bridgehead atoms. The number of aromatic nitrogens is 3. The normalized spacial score (nSPS) is 24.2. The number of pyridine rings is 1. The molecule has 3 fully saturated rings. The fourth-order valence-electron chi connectivity index (χ4n) is 3.53. The van der Waals surface area contributed by atoms with E-state index in [2.05, 4.69) is 24.8 Å². The predicted molar refractivity (Wildman–Crippen MR) is 80.9 cm³/mol. The number of fused-ring (bicyclic) bond motifs is 2. The van der Waals surface area contributed by atoms with Gasteiger partial charge in [0.1, 0.15) is 17.5 Å². The smallest absolute Gasteiger partial charge is 0.146 e. The molecule has 3 aliphatic heterocycles. The van der Waals surface area contributed by atoms with E-state index < -0.39 is 0 Å². The molecule has 2 atom stereocenters. The third-order valence-corrected chi connectivity index (χ3v) is 4.50. The Bertz CT molecular complexity index is 680. The maximum absolute atomic E-state index is 13.7. The number of nitrogens with zero attached hydrogens (tertiary/aromatic N) is 5. The minimum Gasteiger partial charge on any atom is -0.348 e. The molecular weight excluding hydrogens is 281 g/mol. The number of aryl methyl sites for hydroxylation is 1. The Morgan fingerprint density at radius 3 is 2.73 bits per heavy atom. The average Bonchev–Trinajstić information content (AvgIpc) is 2.50. The minimum atomic E-state index is -0.218. The number of halogens is 1. The number of hydrogen-bond acceptors (Lipinski definition) is 5. The zero-order valence-corrected chi connectivity index (χ0v) is 12.5. The summed E-state index contributed by atoms with van der Waals surface area (Å²) in [6, 6.07) is 5.99. The van der Waals surface area contributed by atoms with E-state index in [1.165, 1.54) is 12.5 Å². The lowest BCUT2D eigenvalue weighted by Gasteiger charge is -2.57. The van der Waals surface area contributed by atoms with Crippen molar-refractivity contribution >= 4 is 5.82 Å². The van der Waals surface area contributed by atoms with Crippen molar-refractivity contribution in [3.8, 4) is 0 Å². The zero-order chi connectivity index (χ0) is 15.1. The molecule has 114 valence electrons. The van der Waals surface area contributed by atoms with Gasteiger partial charge in [0.25, 0.3) is 0 Å². The van der Waals surface area contributed by atoms with Crippen molar-refractivity contribution in [3.63, 3.8) is 0 Å². The largest absolute Gasteiger partial charge is 0.348 e. The molecule has 0 aromatic carbocycles. The summed E-state index contributed by atoms with van der Waals surface area (Å²) in [5, 5.41) is 0. The van der Waals surface area contributed by atoms with Crippen LogP contribution in [0.4, 0.5) is 10.2 Å². The molecule has 0 spiro atoms. The van der Waals surface area contributed by atoms with Crippen LogP contribution in [0.2, 0.25) is 0 Å². The van der Waals surface area contributed by atoms with Gasteiger partial charge in [0.2, 0.25) is 0 Å². The van der Waals surface area contributed by atoms with Crippen LogP contribution in [0.25, 0.3) is 0 Å². The number of piperazine rings is 1. The zero-order valence-electron chi connectivity index (χ0n) is 12.5. The van der Waals surface area contributed by atoms with Crippen molar-refractivity contribution in [2.24, 2.45) is 0 Å². The summed E-state index contributed by atoms with van der Waals surface area (Å²) in [6.07, 6.45) is 4.65. The first-order valence-corrected chi connectivity index (χ1v) is 7.60. The summed E-state index contributed by atoms with van der Waals surface area (Å²) in [5.74, 6) is 1.59. The number of rotatable bonds is 3. The van der Waals surface area contributed by atoms with Crippen molar-refractivity contribution in [2.45, 2.75) is 32.0 Å². The molecule has 6 heteroatoms. The van der Waals surface area contributed by atoms with Crippen LogP contribution < -0.4 is 4.90 Å². The molecule has 2 aromatic heterocycles. The van der Waals surface area contributed by atoms with Gasteiger partial charge >= 0.3 is 0 Å². The molecule has 0 N–H and O–H groups in total. The highest BCUT2D eigenvalue weighted by Crippen LogP contribution is 2.36. The highest BCUT2D eigenvalue weighted by Gasteiger charge is 2.45. The van der Waals surface area contributed by atoms with Crippen molar-refractivity contribution in [2.75, 3.05) is 18.0 Å². The monoisotopic (exact) mass is 299 g/mol. The van der Waals surface area contributed by atoms with Crippen LogP contribution >= 0.6 is 0 Å². The van der Waals surface area contributed by atoms with Gasteiger partial charge in [0.15, 0.2) is 0 Å². The number of hydrogen-bond donors (Lipinski definition) is 0. The van der Waals surface area contributed by atoms with E-state index in [1.807, 2.05) is 19.2 Å². The second-order valence-electron chi connectivity index (χ2n) is 6.04. The number of piperidine rings is 1. The second kappa shape index (κ2) is 5.28. The van der Waals surface area contributed by atoms with E-state index in [4.69, 9.17) is 0 Å². The van der Waals surface area contributed by atoms with E-state index in [-0.39, 0.29) is 5.82 Å². The summed E-state index contributed by atoms with van der Waals surface area (Å²) in [5.41, 5.74) is 0.535. The molecule has 2 unspecified atom stereocenters. The second-order valence-corrected chi connectivity index (χ2v) is 6.04. The van der Waals surface area contributed by atoms with Gasteiger partial charge in [0.05, 0.1) is 5.69 Å². The van der Waals surface area contributed by atoms with Crippen LogP contribution in [0.5, 0.6) is 0 Å². The van der Waals surface area contributed by atoms with Crippen LogP contribution in [0.1, 0.15) is 17.9 Å². The molecule has 3 saturated heterocycles. The van der Waals surface area contributed by atoms with Gasteiger partial charge in [-0.25, -0.2) is 14.4 Å². The van der Waals surface area contributed by atoms with E-state index in [0.717, 1.165) is 24.7 Å². The Kier molecular flexibility index (Phi) is 3.26. The Labute approximate surface area is 128 Å². The van der Waals surface area contributed by atoms with Gasteiger partial charge in [-0.05, 0) is 31.5 Å². The topological polar surface area (TPSA) is 45.2 Å². The van der Waals surface area contributed by atoms with Gasteiger partial charge in [0, 0.05) is 44.1 Å². The SMILES string of the molecule is Cc1nccc(N2C3CC2CN(Cc2ncccc2F)C3)n1. The summed E-state index contributed by atoms with van der Waals surface area (Å²) >= 11 is 0. The Hall–Kier alpha value is -2.08. The number of anilines is 1. The molecule has 5 heterocycles. The van der Waals surface area contributed by atoms with Gasteiger partial charge in [-0.1, -0.05) is 0 Å². The Morgan fingerprint density at radius 2 is 2.00 bits per heavy atom. The fraction of sp³-hybridized carbons (Fsp3) is 0.438. The first kappa shape index (κ1) is 13.6. The van der Waals surface area contributed by atoms with E-state index in [1.54, 1.807) is 12.3 Å². The van der Waals surface area contributed by atoms with E-state index in [0.29, 0.717) is 24.3 Å². The molecule has 0 aliphatic carbocycles. The van der Waals surface area contributed by atoms with Gasteiger partial charge in [-0.3, -0.25) is 9.88 Å². The minimum absolute atomic E-state index is 0.218. The van der Waals surface area contributed by atoms with Crippen LogP contribution in [0.15, 0.2) is 30.6 Å². The van der Waals surface area contributed by atoms with Crippen molar-refractivity contribution in [3.05, 3.63) is 47.9 Å². The molecule has 22 heavy (non-hydrogen) atoms. The molecule has 5 rings (SSSR count). The Balaban J connectivity index is 1.45. The highest BCUT2D eigenvalue weighted by molar-refractivity contribution is 5.46. The van der Waals surface area contributed by atoms with Gasteiger partial charge < -0.3 is 4.90 Å². The first-order chi connectivity index (χ1) is 10.7. The predicted octanol–water partition coefficient (Wildman–Crippen LogP) is 1.78. The third kappa shape index (κ3) is 2.33. The summed E-state index contributed by atoms with van der Waals surface area (Å²) in [4.78, 5) is 17.5. The van der Waals surface area contributed by atoms with E-state index >= 15 is 0 Å². The molecule has 0 amide bonds. The summed E-state index contributed by atoms with van der Waals surface area (Å²) < 4.78 is 13.7. The maximum Gasteiger partial charge on any atom is 0.146 e. The Morgan fingerprint density at radius 1 is 1.18 bits per heavy atom. The molecule has 3 aliphatic rings. The average molecular weight is 299 g/mol. The van der Waals surface area contributed by atoms with E-state index in [9.17, 15) is 4.39 Å². The summed E-state index contributed by atoms with van der Waals surface area (Å²) in [6.45, 7) is 4.34. The van der Waals surface area contributed by atoms with Gasteiger partial charge in [-0.2, -0.15) is 0 Å². The molecule has 0 radical (unpaired) electrons. The van der Waals surface area contributed by atoms with Crippen LogP contribution in [0, 0.1) is 12.7 Å². The fourth-order valence-corrected chi connectivity index (χ4v) is 3.53. The van der Waals surface area contributed by atoms with Crippen LogP contribution in [-0.2, 0) is 6.54 Å². The molecule has 5 nitrogen and oxygen atoms in total. The van der Waals surface area contributed by atoms with Crippen molar-refractivity contribution in [1.82, 2.24) is 19.9 Å². The first-order valence-electron chi connectivity index (χ1n) is 7.60. The lowest BCUT2D eigenvalue weighted by molar-refractivity contribution is 0.105. The molecule has 0 saturated carbocycles. The quantitative estimate of drug-likeness (QED) is 0.864. The standard InChI is InChI=1S/C16H18FN5/c1-11-18-6-4-16(20-11)22-12-7-13(22)9-21(8-12)10-15-14(17)3-2-5-19-15/h2-6,12-13H,7-10H2,1H3. The van der Waals surface area contributed by atoms with Crippen molar-refractivity contribution in [1.29, 1.82) is 0 Å². The lowest BCUT2D eigenvalue weighted by Crippen LogP contribution is -2.69. The van der Waals surface area contributed by atoms with Crippen LogP contribution in [-0.4, -0.2) is 45.0 Å². The third-order valence-electron chi connectivity index (χ3n) is 4.50. The van der Waals surface area contributed by atoms with Gasteiger partial charge in [-0.15, -0.1) is 0 Å². The lowest BCUT2D eigenvalue weighted by atomic mass is 9.87.